The standard InChI is InChI=1S/C20H38NOSi/c1-5-9-10-11-12-14-17-21-18-15-13-16-20(21)19-22-23(6-2,7-3)8-4/h13,15-16,18H,5-12,14,17,19H2,1-4H3/q+1. The number of aromatic nitrogens is 1. The topological polar surface area (TPSA) is 13.1 Å². The first kappa shape index (κ1) is 20.4. The van der Waals surface area contributed by atoms with Crippen molar-refractivity contribution in [1.29, 1.82) is 0 Å². The fourth-order valence-electron chi connectivity index (χ4n) is 3.21. The highest BCUT2D eigenvalue weighted by molar-refractivity contribution is 6.73. The highest BCUT2D eigenvalue weighted by Crippen LogP contribution is 2.22. The average Bonchev–Trinajstić information content (AvgIpc) is 2.60. The van der Waals surface area contributed by atoms with Crippen molar-refractivity contribution in [1.82, 2.24) is 0 Å². The number of nitrogens with zero attached hydrogens (tertiary/aromatic N) is 1. The first-order valence-electron chi connectivity index (χ1n) is 9.82. The molecule has 1 heterocycles. The molecule has 132 valence electrons. The molecule has 1 rings (SSSR count). The molecule has 0 unspecified atom stereocenters. The van der Waals surface area contributed by atoms with Crippen molar-refractivity contribution in [2.45, 2.75) is 97.5 Å². The second kappa shape index (κ2) is 11.8. The van der Waals surface area contributed by atoms with Crippen LogP contribution in [0.15, 0.2) is 24.4 Å². The summed E-state index contributed by atoms with van der Waals surface area (Å²) in [6.07, 6.45) is 10.3. The molecule has 0 aliphatic rings. The predicted molar refractivity (Wildman–Crippen MR) is 102 cm³/mol. The van der Waals surface area contributed by atoms with E-state index in [4.69, 9.17) is 4.43 Å². The highest BCUT2D eigenvalue weighted by Gasteiger charge is 2.29. The maximum Gasteiger partial charge on any atom is 0.205 e. The summed E-state index contributed by atoms with van der Waals surface area (Å²) < 4.78 is 8.88. The van der Waals surface area contributed by atoms with Crippen LogP contribution in [0.5, 0.6) is 0 Å². The first-order chi connectivity index (χ1) is 11.2. The summed E-state index contributed by atoms with van der Waals surface area (Å²) in [5.41, 5.74) is 1.34. The molecule has 1 aromatic rings. The van der Waals surface area contributed by atoms with E-state index in [9.17, 15) is 0 Å². The van der Waals surface area contributed by atoms with Gasteiger partial charge in [0.05, 0.1) is 0 Å². The SMILES string of the molecule is CCCCCCCC[n+]1ccccc1CO[Si](CC)(CC)CC. The monoisotopic (exact) mass is 336 g/mol. The van der Waals surface area contributed by atoms with Crippen LogP contribution in [-0.4, -0.2) is 8.32 Å². The fourth-order valence-corrected chi connectivity index (χ4v) is 5.77. The van der Waals surface area contributed by atoms with Crippen LogP contribution in [-0.2, 0) is 17.6 Å². The van der Waals surface area contributed by atoms with Crippen LogP contribution in [0.2, 0.25) is 18.1 Å². The Hall–Kier alpha value is -0.673. The number of rotatable bonds is 13. The molecule has 0 spiro atoms. The lowest BCUT2D eigenvalue weighted by Gasteiger charge is -2.27. The van der Waals surface area contributed by atoms with Crippen molar-refractivity contribution in [2.24, 2.45) is 0 Å². The van der Waals surface area contributed by atoms with Gasteiger partial charge < -0.3 is 4.43 Å². The van der Waals surface area contributed by atoms with Crippen LogP contribution >= 0.6 is 0 Å². The third-order valence-electron chi connectivity index (χ3n) is 5.25. The van der Waals surface area contributed by atoms with Crippen molar-refractivity contribution in [3.63, 3.8) is 0 Å². The summed E-state index contributed by atoms with van der Waals surface area (Å²) in [5, 5.41) is 0. The number of hydrogen-bond acceptors (Lipinski definition) is 1. The van der Waals surface area contributed by atoms with E-state index >= 15 is 0 Å². The van der Waals surface area contributed by atoms with Gasteiger partial charge in [0.2, 0.25) is 5.69 Å². The molecule has 0 N–H and O–H groups in total. The van der Waals surface area contributed by atoms with Gasteiger partial charge in [-0.15, -0.1) is 0 Å². The van der Waals surface area contributed by atoms with Crippen molar-refractivity contribution in [3.8, 4) is 0 Å². The molecule has 0 aliphatic heterocycles. The van der Waals surface area contributed by atoms with Gasteiger partial charge in [-0.1, -0.05) is 59.4 Å². The maximum absolute atomic E-state index is 6.48. The highest BCUT2D eigenvalue weighted by atomic mass is 28.4. The first-order valence-corrected chi connectivity index (χ1v) is 12.4. The van der Waals surface area contributed by atoms with E-state index in [1.807, 2.05) is 0 Å². The maximum atomic E-state index is 6.48. The van der Waals surface area contributed by atoms with Crippen molar-refractivity contribution in [3.05, 3.63) is 30.1 Å². The van der Waals surface area contributed by atoms with E-state index in [1.54, 1.807) is 0 Å². The van der Waals surface area contributed by atoms with Crippen LogP contribution in [0.25, 0.3) is 0 Å². The van der Waals surface area contributed by atoms with Gasteiger partial charge in [-0.05, 0) is 24.6 Å². The molecule has 0 saturated heterocycles. The second-order valence-corrected chi connectivity index (χ2v) is 11.5. The van der Waals surface area contributed by atoms with Gasteiger partial charge in [0.15, 0.2) is 14.5 Å². The molecule has 3 heteroatoms. The molecular weight excluding hydrogens is 298 g/mol. The van der Waals surface area contributed by atoms with Gasteiger partial charge >= 0.3 is 0 Å². The Labute approximate surface area is 145 Å². The van der Waals surface area contributed by atoms with E-state index in [0.29, 0.717) is 0 Å². The lowest BCUT2D eigenvalue weighted by molar-refractivity contribution is -0.706. The van der Waals surface area contributed by atoms with Crippen LogP contribution in [0, 0.1) is 0 Å². The van der Waals surface area contributed by atoms with Crippen LogP contribution in [0.4, 0.5) is 0 Å². The number of hydrogen-bond donors (Lipinski definition) is 0. The van der Waals surface area contributed by atoms with Gasteiger partial charge in [0.25, 0.3) is 0 Å². The Morgan fingerprint density at radius 1 is 0.870 bits per heavy atom. The Morgan fingerprint density at radius 3 is 2.17 bits per heavy atom. The third-order valence-corrected chi connectivity index (χ3v) is 9.87. The summed E-state index contributed by atoms with van der Waals surface area (Å²) in [7, 11) is -1.49. The predicted octanol–water partition coefficient (Wildman–Crippen LogP) is 5.86. The molecular formula is C20H38NOSi+. The molecule has 0 aliphatic carbocycles. The zero-order valence-electron chi connectivity index (χ0n) is 15.9. The molecule has 2 nitrogen and oxygen atoms in total. The Kier molecular flexibility index (Phi) is 10.5. The van der Waals surface area contributed by atoms with E-state index in [2.05, 4.69) is 56.7 Å². The fraction of sp³-hybridized carbons (Fsp3) is 0.750. The van der Waals surface area contributed by atoms with Crippen LogP contribution in [0.1, 0.15) is 71.9 Å². The van der Waals surface area contributed by atoms with Crippen molar-refractivity contribution in [2.75, 3.05) is 0 Å². The van der Waals surface area contributed by atoms with Gasteiger partial charge in [-0.2, -0.15) is 0 Å². The lowest BCUT2D eigenvalue weighted by Crippen LogP contribution is -2.41. The largest absolute Gasteiger partial charge is 0.406 e. The summed E-state index contributed by atoms with van der Waals surface area (Å²) in [6.45, 7) is 11.1. The smallest absolute Gasteiger partial charge is 0.205 e. The van der Waals surface area contributed by atoms with E-state index in [0.717, 1.165) is 13.2 Å². The zero-order chi connectivity index (χ0) is 17.0. The minimum atomic E-state index is -1.49. The van der Waals surface area contributed by atoms with Gasteiger partial charge in [0, 0.05) is 18.6 Å². The molecule has 0 atom stereocenters. The van der Waals surface area contributed by atoms with Gasteiger partial charge in [0.1, 0.15) is 13.2 Å². The molecule has 0 fully saturated rings. The van der Waals surface area contributed by atoms with Crippen molar-refractivity contribution < 1.29 is 8.99 Å². The molecule has 0 saturated carbocycles. The summed E-state index contributed by atoms with van der Waals surface area (Å²) >= 11 is 0. The summed E-state index contributed by atoms with van der Waals surface area (Å²) in [6, 6.07) is 10.2. The number of pyridine rings is 1. The van der Waals surface area contributed by atoms with Crippen LogP contribution in [0.3, 0.4) is 0 Å². The lowest BCUT2D eigenvalue weighted by atomic mass is 10.1. The number of aryl methyl sites for hydroxylation is 1. The normalized spacial score (nSPS) is 11.8. The minimum absolute atomic E-state index is 0.790. The minimum Gasteiger partial charge on any atom is -0.406 e. The van der Waals surface area contributed by atoms with Gasteiger partial charge in [-0.25, -0.2) is 4.57 Å². The van der Waals surface area contributed by atoms with Crippen molar-refractivity contribution >= 4 is 8.32 Å². The molecule has 1 aromatic heterocycles. The quantitative estimate of drug-likeness (QED) is 0.250. The van der Waals surface area contributed by atoms with E-state index in [1.165, 1.54) is 62.4 Å². The Bertz CT molecular complexity index is 410. The zero-order valence-corrected chi connectivity index (χ0v) is 16.9. The molecule has 23 heavy (non-hydrogen) atoms. The van der Waals surface area contributed by atoms with E-state index in [-0.39, 0.29) is 0 Å². The third kappa shape index (κ3) is 7.17. The summed E-state index contributed by atoms with van der Waals surface area (Å²) in [4.78, 5) is 0. The molecule has 0 radical (unpaired) electrons. The Morgan fingerprint density at radius 2 is 1.52 bits per heavy atom. The summed E-state index contributed by atoms with van der Waals surface area (Å²) in [5.74, 6) is 0. The molecule has 0 aromatic carbocycles. The average molecular weight is 337 g/mol. The Balaban J connectivity index is 2.50. The molecule has 0 amide bonds. The number of unbranched alkanes of at least 4 members (excludes halogenated alkanes) is 5. The second-order valence-electron chi connectivity index (χ2n) is 6.69. The molecule has 0 bridgehead atoms. The van der Waals surface area contributed by atoms with Gasteiger partial charge in [-0.3, -0.25) is 0 Å². The van der Waals surface area contributed by atoms with E-state index < -0.39 is 8.32 Å². The van der Waals surface area contributed by atoms with Crippen LogP contribution < -0.4 is 4.57 Å².